The second-order valence-electron chi connectivity index (χ2n) is 4.21. The van der Waals surface area contributed by atoms with Gasteiger partial charge in [0.2, 0.25) is 0 Å². The van der Waals surface area contributed by atoms with Gasteiger partial charge in [-0.25, -0.2) is 0 Å². The molecule has 0 fully saturated rings. The first-order valence-electron chi connectivity index (χ1n) is 5.58. The molecule has 0 atom stereocenters. The van der Waals surface area contributed by atoms with E-state index in [0.717, 1.165) is 11.7 Å². The van der Waals surface area contributed by atoms with E-state index in [2.05, 4.69) is 38.1 Å². The molecule has 1 nitrogen and oxygen atoms in total. The van der Waals surface area contributed by atoms with E-state index >= 15 is 0 Å². The standard InChI is InChI=1S/C13H21NS/c1-11(2)7-8-15-10-13-6-4-3-5-12(13)9-14/h3-6,11H,7-10,14H2,1-2H3. The van der Waals surface area contributed by atoms with E-state index in [9.17, 15) is 0 Å². The van der Waals surface area contributed by atoms with Crippen LogP contribution in [0.25, 0.3) is 0 Å². The number of nitrogens with two attached hydrogens (primary N) is 1. The van der Waals surface area contributed by atoms with E-state index in [4.69, 9.17) is 5.73 Å². The molecule has 0 heterocycles. The van der Waals surface area contributed by atoms with Gasteiger partial charge in [0.15, 0.2) is 0 Å². The highest BCUT2D eigenvalue weighted by molar-refractivity contribution is 7.98. The van der Waals surface area contributed by atoms with Gasteiger partial charge in [-0.3, -0.25) is 0 Å². The molecular weight excluding hydrogens is 202 g/mol. The number of hydrogen-bond donors (Lipinski definition) is 1. The Morgan fingerprint density at radius 2 is 1.87 bits per heavy atom. The molecule has 0 aromatic heterocycles. The normalized spacial score (nSPS) is 10.9. The van der Waals surface area contributed by atoms with Crippen molar-refractivity contribution < 1.29 is 0 Å². The predicted molar refractivity (Wildman–Crippen MR) is 70.0 cm³/mol. The van der Waals surface area contributed by atoms with Crippen LogP contribution in [0.2, 0.25) is 0 Å². The van der Waals surface area contributed by atoms with Gasteiger partial charge in [-0.05, 0) is 29.2 Å². The molecule has 1 aromatic carbocycles. The topological polar surface area (TPSA) is 26.0 Å². The molecule has 0 aliphatic rings. The number of thioether (sulfide) groups is 1. The molecule has 0 unspecified atom stereocenters. The predicted octanol–water partition coefficient (Wildman–Crippen LogP) is 3.42. The molecule has 0 bridgehead atoms. The Morgan fingerprint density at radius 1 is 1.20 bits per heavy atom. The Labute approximate surface area is 97.4 Å². The molecule has 0 radical (unpaired) electrons. The zero-order valence-corrected chi connectivity index (χ0v) is 10.5. The molecule has 2 heteroatoms. The monoisotopic (exact) mass is 223 g/mol. The van der Waals surface area contributed by atoms with Crippen molar-refractivity contribution in [1.82, 2.24) is 0 Å². The summed E-state index contributed by atoms with van der Waals surface area (Å²) in [5.74, 6) is 3.15. The van der Waals surface area contributed by atoms with Crippen LogP contribution in [-0.2, 0) is 12.3 Å². The number of benzene rings is 1. The van der Waals surface area contributed by atoms with Gasteiger partial charge in [0.1, 0.15) is 0 Å². The third kappa shape index (κ3) is 4.72. The van der Waals surface area contributed by atoms with Crippen LogP contribution in [0.3, 0.4) is 0 Å². The third-order valence-electron chi connectivity index (χ3n) is 2.44. The first-order chi connectivity index (χ1) is 7.24. The van der Waals surface area contributed by atoms with Crippen molar-refractivity contribution in [3.8, 4) is 0 Å². The maximum Gasteiger partial charge on any atom is 0.0187 e. The summed E-state index contributed by atoms with van der Waals surface area (Å²) in [5, 5.41) is 0. The highest BCUT2D eigenvalue weighted by Crippen LogP contribution is 2.18. The SMILES string of the molecule is CC(C)CCSCc1ccccc1CN. The van der Waals surface area contributed by atoms with Crippen LogP contribution in [0, 0.1) is 5.92 Å². The minimum atomic E-state index is 0.654. The van der Waals surface area contributed by atoms with Gasteiger partial charge in [-0.1, -0.05) is 38.1 Å². The first kappa shape index (κ1) is 12.6. The summed E-state index contributed by atoms with van der Waals surface area (Å²) in [6, 6.07) is 8.46. The average molecular weight is 223 g/mol. The maximum atomic E-state index is 5.69. The van der Waals surface area contributed by atoms with Crippen molar-refractivity contribution in [2.45, 2.75) is 32.6 Å². The van der Waals surface area contributed by atoms with Gasteiger partial charge in [-0.15, -0.1) is 0 Å². The van der Waals surface area contributed by atoms with Crippen LogP contribution in [0.1, 0.15) is 31.4 Å². The minimum absolute atomic E-state index is 0.654. The van der Waals surface area contributed by atoms with Crippen LogP contribution in [0.15, 0.2) is 24.3 Å². The average Bonchev–Trinajstić information content (AvgIpc) is 2.24. The van der Waals surface area contributed by atoms with Crippen LogP contribution in [-0.4, -0.2) is 5.75 Å². The molecule has 0 spiro atoms. The quantitative estimate of drug-likeness (QED) is 0.748. The van der Waals surface area contributed by atoms with Crippen LogP contribution >= 0.6 is 11.8 Å². The molecule has 0 saturated carbocycles. The molecule has 1 aromatic rings. The molecule has 84 valence electrons. The van der Waals surface area contributed by atoms with E-state index in [1.165, 1.54) is 23.3 Å². The van der Waals surface area contributed by atoms with Crippen molar-refractivity contribution in [3.63, 3.8) is 0 Å². The van der Waals surface area contributed by atoms with E-state index in [1.54, 1.807) is 0 Å². The van der Waals surface area contributed by atoms with Gasteiger partial charge in [-0.2, -0.15) is 11.8 Å². The van der Waals surface area contributed by atoms with Gasteiger partial charge >= 0.3 is 0 Å². The van der Waals surface area contributed by atoms with Gasteiger partial charge < -0.3 is 5.73 Å². The second kappa shape index (κ2) is 6.91. The summed E-state index contributed by atoms with van der Waals surface area (Å²) in [6.45, 7) is 5.20. The summed E-state index contributed by atoms with van der Waals surface area (Å²) in [6.07, 6.45) is 1.30. The Hall–Kier alpha value is -0.470. The molecule has 0 saturated heterocycles. The van der Waals surface area contributed by atoms with Crippen molar-refractivity contribution in [3.05, 3.63) is 35.4 Å². The molecule has 0 amide bonds. The van der Waals surface area contributed by atoms with Crippen LogP contribution < -0.4 is 5.73 Å². The largest absolute Gasteiger partial charge is 0.326 e. The Morgan fingerprint density at radius 3 is 2.47 bits per heavy atom. The second-order valence-corrected chi connectivity index (χ2v) is 5.31. The smallest absolute Gasteiger partial charge is 0.0187 e. The summed E-state index contributed by atoms with van der Waals surface area (Å²) in [7, 11) is 0. The molecular formula is C13H21NS. The van der Waals surface area contributed by atoms with E-state index in [1.807, 2.05) is 11.8 Å². The highest BCUT2D eigenvalue weighted by atomic mass is 32.2. The molecule has 1 rings (SSSR count). The lowest BCUT2D eigenvalue weighted by Crippen LogP contribution is -2.00. The molecule has 15 heavy (non-hydrogen) atoms. The number of rotatable bonds is 6. The van der Waals surface area contributed by atoms with Crippen molar-refractivity contribution >= 4 is 11.8 Å². The van der Waals surface area contributed by atoms with Gasteiger partial charge in [0.25, 0.3) is 0 Å². The maximum absolute atomic E-state index is 5.69. The molecule has 2 N–H and O–H groups in total. The third-order valence-corrected chi connectivity index (χ3v) is 3.47. The van der Waals surface area contributed by atoms with E-state index in [0.29, 0.717) is 6.54 Å². The van der Waals surface area contributed by atoms with Crippen LogP contribution in [0.4, 0.5) is 0 Å². The van der Waals surface area contributed by atoms with Crippen molar-refractivity contribution in [1.29, 1.82) is 0 Å². The lowest BCUT2D eigenvalue weighted by molar-refractivity contribution is 0.632. The summed E-state index contributed by atoms with van der Waals surface area (Å²) in [4.78, 5) is 0. The zero-order valence-electron chi connectivity index (χ0n) is 9.70. The molecule has 0 aliphatic carbocycles. The lowest BCUT2D eigenvalue weighted by atomic mass is 10.1. The summed E-state index contributed by atoms with van der Waals surface area (Å²) < 4.78 is 0. The van der Waals surface area contributed by atoms with Crippen molar-refractivity contribution in [2.75, 3.05) is 5.75 Å². The molecule has 0 aliphatic heterocycles. The summed E-state index contributed by atoms with van der Waals surface area (Å²) >= 11 is 2.01. The Kier molecular flexibility index (Phi) is 5.81. The highest BCUT2D eigenvalue weighted by Gasteiger charge is 2.00. The van der Waals surface area contributed by atoms with Gasteiger partial charge in [0, 0.05) is 12.3 Å². The zero-order chi connectivity index (χ0) is 11.1. The Bertz CT molecular complexity index is 284. The van der Waals surface area contributed by atoms with Crippen LogP contribution in [0.5, 0.6) is 0 Å². The lowest BCUT2D eigenvalue weighted by Gasteiger charge is -2.08. The first-order valence-corrected chi connectivity index (χ1v) is 6.74. The number of hydrogen-bond acceptors (Lipinski definition) is 2. The fourth-order valence-electron chi connectivity index (χ4n) is 1.40. The van der Waals surface area contributed by atoms with Gasteiger partial charge in [0.05, 0.1) is 0 Å². The Balaban J connectivity index is 2.36. The minimum Gasteiger partial charge on any atom is -0.326 e. The van der Waals surface area contributed by atoms with E-state index < -0.39 is 0 Å². The van der Waals surface area contributed by atoms with Crippen molar-refractivity contribution in [2.24, 2.45) is 11.7 Å². The fourth-order valence-corrected chi connectivity index (χ4v) is 2.68. The summed E-state index contributed by atoms with van der Waals surface area (Å²) in [5.41, 5.74) is 8.38. The van der Waals surface area contributed by atoms with E-state index in [-0.39, 0.29) is 0 Å². The fraction of sp³-hybridized carbons (Fsp3) is 0.538.